The van der Waals surface area contributed by atoms with E-state index < -0.39 is 11.7 Å². The molecule has 0 aliphatic rings. The number of nitrogens with zero attached hydrogens (tertiary/aromatic N) is 1. The van der Waals surface area contributed by atoms with Crippen molar-refractivity contribution in [3.63, 3.8) is 0 Å². The molecular formula is C15H20N2O2S. The van der Waals surface area contributed by atoms with Crippen molar-refractivity contribution >= 4 is 17.9 Å². The third-order valence-corrected chi connectivity index (χ3v) is 3.32. The predicted molar refractivity (Wildman–Crippen MR) is 81.6 cm³/mol. The average Bonchev–Trinajstić information content (AvgIpc) is 2.36. The van der Waals surface area contributed by atoms with E-state index in [0.717, 1.165) is 17.1 Å². The number of nitrogens with one attached hydrogen (secondary N) is 1. The van der Waals surface area contributed by atoms with E-state index >= 15 is 0 Å². The summed E-state index contributed by atoms with van der Waals surface area (Å²) >= 11 is 1.67. The number of thioether (sulfide) groups is 1. The maximum Gasteiger partial charge on any atom is 0.407 e. The highest BCUT2D eigenvalue weighted by molar-refractivity contribution is 7.98. The van der Waals surface area contributed by atoms with Gasteiger partial charge in [0.2, 0.25) is 0 Å². The number of alkyl carbamates (subject to hydrolysis) is 1. The van der Waals surface area contributed by atoms with Crippen LogP contribution in [-0.2, 0) is 10.5 Å². The summed E-state index contributed by atoms with van der Waals surface area (Å²) in [5.74, 6) is 1.54. The molecule has 1 N–H and O–H groups in total. The number of benzene rings is 1. The van der Waals surface area contributed by atoms with Crippen LogP contribution in [0.2, 0.25) is 0 Å². The van der Waals surface area contributed by atoms with E-state index in [9.17, 15) is 4.79 Å². The zero-order valence-electron chi connectivity index (χ0n) is 12.1. The number of amides is 1. The first kappa shape index (κ1) is 16.4. The summed E-state index contributed by atoms with van der Waals surface area (Å²) in [6.07, 6.45) is -0.393. The van der Waals surface area contributed by atoms with Crippen LogP contribution in [0.4, 0.5) is 4.79 Å². The Morgan fingerprint density at radius 3 is 2.75 bits per heavy atom. The minimum Gasteiger partial charge on any atom is -0.444 e. The van der Waals surface area contributed by atoms with Crippen molar-refractivity contribution in [2.24, 2.45) is 0 Å². The molecule has 0 unspecified atom stereocenters. The second-order valence-corrected chi connectivity index (χ2v) is 6.36. The highest BCUT2D eigenvalue weighted by atomic mass is 32.2. The Morgan fingerprint density at radius 1 is 1.40 bits per heavy atom. The van der Waals surface area contributed by atoms with Crippen LogP contribution in [0.25, 0.3) is 0 Å². The Kier molecular flexibility index (Phi) is 6.40. The summed E-state index contributed by atoms with van der Waals surface area (Å²) in [7, 11) is 0. The van der Waals surface area contributed by atoms with Crippen LogP contribution < -0.4 is 5.32 Å². The van der Waals surface area contributed by atoms with Crippen LogP contribution in [0.1, 0.15) is 31.9 Å². The normalized spacial score (nSPS) is 10.7. The lowest BCUT2D eigenvalue weighted by atomic mass is 10.1. The Bertz CT molecular complexity index is 489. The number of carbonyl (C=O) groups is 1. The quantitative estimate of drug-likeness (QED) is 0.846. The van der Waals surface area contributed by atoms with E-state index in [-0.39, 0.29) is 0 Å². The topological polar surface area (TPSA) is 62.1 Å². The van der Waals surface area contributed by atoms with Crippen LogP contribution in [-0.4, -0.2) is 24.0 Å². The standard InChI is InChI=1S/C15H20N2O2S/c1-15(2,3)19-14(18)17-8-9-20-11-13-7-5-4-6-12(13)10-16/h4-7H,8-9,11H2,1-3H3,(H,17,18). The fourth-order valence-corrected chi connectivity index (χ4v) is 2.34. The fourth-order valence-electron chi connectivity index (χ4n) is 1.48. The monoisotopic (exact) mass is 292 g/mol. The van der Waals surface area contributed by atoms with E-state index in [0.29, 0.717) is 12.1 Å². The summed E-state index contributed by atoms with van der Waals surface area (Å²) in [4.78, 5) is 11.4. The molecular weight excluding hydrogens is 272 g/mol. The molecule has 0 atom stereocenters. The van der Waals surface area contributed by atoms with E-state index in [2.05, 4.69) is 11.4 Å². The molecule has 0 saturated heterocycles. The lowest BCUT2D eigenvalue weighted by Gasteiger charge is -2.19. The summed E-state index contributed by atoms with van der Waals surface area (Å²) in [6, 6.07) is 9.73. The van der Waals surface area contributed by atoms with E-state index in [4.69, 9.17) is 10.00 Å². The van der Waals surface area contributed by atoms with Crippen LogP contribution >= 0.6 is 11.8 Å². The van der Waals surface area contributed by atoms with Gasteiger partial charge in [-0.2, -0.15) is 17.0 Å². The zero-order chi connectivity index (χ0) is 15.0. The molecule has 1 aromatic carbocycles. The van der Waals surface area contributed by atoms with Gasteiger partial charge in [0.1, 0.15) is 5.60 Å². The first-order valence-electron chi connectivity index (χ1n) is 6.45. The third-order valence-electron chi connectivity index (χ3n) is 2.31. The maximum absolute atomic E-state index is 11.4. The zero-order valence-corrected chi connectivity index (χ0v) is 12.9. The summed E-state index contributed by atoms with van der Waals surface area (Å²) in [6.45, 7) is 6.05. The molecule has 0 radical (unpaired) electrons. The number of carbonyl (C=O) groups excluding carboxylic acids is 1. The lowest BCUT2D eigenvalue weighted by Crippen LogP contribution is -2.33. The van der Waals surface area contributed by atoms with Gasteiger partial charge in [0.15, 0.2) is 0 Å². The largest absolute Gasteiger partial charge is 0.444 e. The van der Waals surface area contributed by atoms with Crippen LogP contribution in [0.3, 0.4) is 0 Å². The van der Waals surface area contributed by atoms with Gasteiger partial charge in [-0.1, -0.05) is 18.2 Å². The van der Waals surface area contributed by atoms with Crippen molar-refractivity contribution in [3.05, 3.63) is 35.4 Å². The molecule has 1 aromatic rings. The van der Waals surface area contributed by atoms with Crippen molar-refractivity contribution in [1.82, 2.24) is 5.32 Å². The van der Waals surface area contributed by atoms with E-state index in [1.807, 2.05) is 45.0 Å². The maximum atomic E-state index is 11.4. The molecule has 1 amide bonds. The summed E-state index contributed by atoms with van der Waals surface area (Å²) in [5.41, 5.74) is 1.26. The smallest absolute Gasteiger partial charge is 0.407 e. The van der Waals surface area contributed by atoms with Crippen LogP contribution in [0, 0.1) is 11.3 Å². The molecule has 0 aliphatic carbocycles. The van der Waals surface area contributed by atoms with Crippen molar-refractivity contribution < 1.29 is 9.53 Å². The first-order chi connectivity index (χ1) is 9.42. The Hall–Kier alpha value is -1.67. The second-order valence-electron chi connectivity index (χ2n) is 5.25. The predicted octanol–water partition coefficient (Wildman–Crippen LogP) is 3.32. The van der Waals surface area contributed by atoms with Crippen molar-refractivity contribution in [1.29, 1.82) is 5.26 Å². The van der Waals surface area contributed by atoms with Crippen LogP contribution in [0.15, 0.2) is 24.3 Å². The number of nitriles is 1. The van der Waals surface area contributed by atoms with Crippen molar-refractivity contribution in [2.45, 2.75) is 32.1 Å². The number of rotatable bonds is 5. The van der Waals surface area contributed by atoms with E-state index in [1.54, 1.807) is 11.8 Å². The molecule has 4 nitrogen and oxygen atoms in total. The Morgan fingerprint density at radius 2 is 2.10 bits per heavy atom. The molecule has 0 saturated carbocycles. The minimum absolute atomic E-state index is 0.393. The van der Waals surface area contributed by atoms with Gasteiger partial charge >= 0.3 is 6.09 Å². The molecule has 5 heteroatoms. The summed E-state index contributed by atoms with van der Waals surface area (Å²) in [5, 5.41) is 11.7. The molecule has 0 aromatic heterocycles. The minimum atomic E-state index is -0.469. The number of ether oxygens (including phenoxy) is 1. The molecule has 0 fully saturated rings. The summed E-state index contributed by atoms with van der Waals surface area (Å²) < 4.78 is 5.14. The first-order valence-corrected chi connectivity index (χ1v) is 7.60. The van der Waals surface area contributed by atoms with Crippen LogP contribution in [0.5, 0.6) is 0 Å². The number of hydrogen-bond acceptors (Lipinski definition) is 4. The highest BCUT2D eigenvalue weighted by Gasteiger charge is 2.15. The van der Waals surface area contributed by atoms with Gasteiger partial charge < -0.3 is 10.1 Å². The second kappa shape index (κ2) is 7.81. The highest BCUT2D eigenvalue weighted by Crippen LogP contribution is 2.15. The van der Waals surface area contributed by atoms with Gasteiger partial charge in [-0.15, -0.1) is 0 Å². The SMILES string of the molecule is CC(C)(C)OC(=O)NCCSCc1ccccc1C#N. The Balaban J connectivity index is 2.23. The van der Waals surface area contributed by atoms with Gasteiger partial charge in [-0.05, 0) is 32.4 Å². The Labute approximate surface area is 124 Å². The van der Waals surface area contributed by atoms with Gasteiger partial charge in [-0.3, -0.25) is 0 Å². The molecule has 0 spiro atoms. The van der Waals surface area contributed by atoms with Crippen molar-refractivity contribution in [2.75, 3.05) is 12.3 Å². The fraction of sp³-hybridized carbons (Fsp3) is 0.467. The molecule has 20 heavy (non-hydrogen) atoms. The lowest BCUT2D eigenvalue weighted by molar-refractivity contribution is 0.0531. The van der Waals surface area contributed by atoms with Gasteiger partial charge in [0, 0.05) is 18.1 Å². The van der Waals surface area contributed by atoms with Gasteiger partial charge in [-0.25, -0.2) is 4.79 Å². The molecule has 108 valence electrons. The molecule has 1 rings (SSSR count). The molecule has 0 aliphatic heterocycles. The van der Waals surface area contributed by atoms with Gasteiger partial charge in [0.25, 0.3) is 0 Å². The van der Waals surface area contributed by atoms with E-state index in [1.165, 1.54) is 0 Å². The van der Waals surface area contributed by atoms with Gasteiger partial charge in [0.05, 0.1) is 11.6 Å². The third kappa shape index (κ3) is 6.48. The van der Waals surface area contributed by atoms with Crippen molar-refractivity contribution in [3.8, 4) is 6.07 Å². The number of hydrogen-bond donors (Lipinski definition) is 1. The average molecular weight is 292 g/mol. The molecule has 0 heterocycles. The molecule has 0 bridgehead atoms.